The number of halogens is 2. The van der Waals surface area contributed by atoms with E-state index in [4.69, 9.17) is 23.2 Å². The van der Waals surface area contributed by atoms with Crippen molar-refractivity contribution in [3.8, 4) is 0 Å². The van der Waals surface area contributed by atoms with E-state index in [1.165, 1.54) is 17.0 Å². The summed E-state index contributed by atoms with van der Waals surface area (Å²) in [5, 5.41) is 3.99. The van der Waals surface area contributed by atoms with Crippen molar-refractivity contribution in [2.24, 2.45) is 0 Å². The van der Waals surface area contributed by atoms with Gasteiger partial charge in [-0.3, -0.25) is 13.9 Å². The highest BCUT2D eigenvalue weighted by Crippen LogP contribution is 2.27. The molecule has 1 atom stereocenters. The number of carbonyl (C=O) groups excluding carboxylic acids is 2. The van der Waals surface area contributed by atoms with E-state index < -0.39 is 28.5 Å². The topological polar surface area (TPSA) is 86.8 Å². The molecular weight excluding hydrogens is 569 g/mol. The van der Waals surface area contributed by atoms with Crippen LogP contribution >= 0.6 is 23.2 Å². The van der Waals surface area contributed by atoms with Gasteiger partial charge in [0.15, 0.2) is 0 Å². The molecular formula is C30H33Cl2N3O4S. The van der Waals surface area contributed by atoms with E-state index >= 15 is 0 Å². The average molecular weight is 603 g/mol. The molecule has 3 aromatic carbocycles. The molecule has 0 radical (unpaired) electrons. The Balaban J connectivity index is 1.68. The van der Waals surface area contributed by atoms with Crippen molar-refractivity contribution in [1.29, 1.82) is 0 Å². The second kappa shape index (κ2) is 13.1. The van der Waals surface area contributed by atoms with E-state index in [9.17, 15) is 18.0 Å². The maximum atomic E-state index is 14.0. The maximum Gasteiger partial charge on any atom is 0.264 e. The Bertz CT molecular complexity index is 1440. The third-order valence-electron chi connectivity index (χ3n) is 7.11. The molecule has 0 aliphatic heterocycles. The SMILES string of the molecule is Cc1ccc(S(=O)(=O)N(CC(=O)N(Cc2cccc(Cl)c2)[C@H](C)C(=O)NC2CCCC2)c2ccc(Cl)cc2)cc1. The monoisotopic (exact) mass is 601 g/mol. The highest BCUT2D eigenvalue weighted by Gasteiger charge is 2.33. The number of hydrogen-bond acceptors (Lipinski definition) is 4. The van der Waals surface area contributed by atoms with Gasteiger partial charge in [-0.2, -0.15) is 0 Å². The normalized spacial score (nSPS) is 14.5. The summed E-state index contributed by atoms with van der Waals surface area (Å²) in [6.45, 7) is 3.09. The van der Waals surface area contributed by atoms with Gasteiger partial charge < -0.3 is 10.2 Å². The lowest BCUT2D eigenvalue weighted by Gasteiger charge is -2.32. The van der Waals surface area contributed by atoms with Crippen molar-refractivity contribution < 1.29 is 18.0 Å². The zero-order chi connectivity index (χ0) is 28.9. The van der Waals surface area contributed by atoms with Crippen molar-refractivity contribution in [3.05, 3.63) is 94.0 Å². The average Bonchev–Trinajstić information content (AvgIpc) is 3.44. The van der Waals surface area contributed by atoms with Gasteiger partial charge >= 0.3 is 0 Å². The quantitative estimate of drug-likeness (QED) is 0.310. The molecule has 0 aromatic heterocycles. The first-order valence-corrected chi connectivity index (χ1v) is 15.4. The fourth-order valence-electron chi connectivity index (χ4n) is 4.78. The van der Waals surface area contributed by atoms with Crippen molar-refractivity contribution in [3.63, 3.8) is 0 Å². The van der Waals surface area contributed by atoms with Gasteiger partial charge in [0.2, 0.25) is 11.8 Å². The van der Waals surface area contributed by atoms with Crippen molar-refractivity contribution in [2.45, 2.75) is 63.1 Å². The number of benzene rings is 3. The second-order valence-corrected chi connectivity index (χ2v) is 12.9. The number of amides is 2. The van der Waals surface area contributed by atoms with E-state index in [2.05, 4.69) is 5.32 Å². The summed E-state index contributed by atoms with van der Waals surface area (Å²) in [6, 6.07) is 18.9. The Morgan fingerprint density at radius 1 is 0.950 bits per heavy atom. The standard InChI is InChI=1S/C30H33Cl2N3O4S/c1-21-10-16-28(17-11-21)40(38,39)35(27-14-12-24(31)13-15-27)20-29(36)34(19-23-6-5-7-25(32)18-23)22(2)30(37)33-26-8-3-4-9-26/h5-7,10-18,22,26H,3-4,8-9,19-20H2,1-2H3,(H,33,37)/t22-/m1/s1. The summed E-state index contributed by atoms with van der Waals surface area (Å²) in [5.41, 5.74) is 1.91. The van der Waals surface area contributed by atoms with E-state index in [1.54, 1.807) is 61.5 Å². The number of hydrogen-bond donors (Lipinski definition) is 1. The number of nitrogens with one attached hydrogen (secondary N) is 1. The van der Waals surface area contributed by atoms with Crippen LogP contribution in [0.1, 0.15) is 43.7 Å². The fraction of sp³-hybridized carbons (Fsp3) is 0.333. The molecule has 0 heterocycles. The molecule has 4 rings (SSSR count). The Kier molecular flexibility index (Phi) is 9.77. The minimum Gasteiger partial charge on any atom is -0.352 e. The maximum absolute atomic E-state index is 14.0. The van der Waals surface area contributed by atoms with Gasteiger partial charge in [-0.15, -0.1) is 0 Å². The van der Waals surface area contributed by atoms with Crippen LogP contribution in [0.25, 0.3) is 0 Å². The molecule has 0 bridgehead atoms. The van der Waals surface area contributed by atoms with Crippen LogP contribution in [0.3, 0.4) is 0 Å². The summed E-state index contributed by atoms with van der Waals surface area (Å²) < 4.78 is 28.8. The molecule has 0 unspecified atom stereocenters. The lowest BCUT2D eigenvalue weighted by Crippen LogP contribution is -2.52. The van der Waals surface area contributed by atoms with Crippen molar-refractivity contribution in [1.82, 2.24) is 10.2 Å². The lowest BCUT2D eigenvalue weighted by molar-refractivity contribution is -0.139. The summed E-state index contributed by atoms with van der Waals surface area (Å²) in [4.78, 5) is 28.7. The molecule has 212 valence electrons. The molecule has 2 amide bonds. The molecule has 1 fully saturated rings. The second-order valence-electron chi connectivity index (χ2n) is 10.1. The molecule has 0 saturated heterocycles. The predicted molar refractivity (Wildman–Crippen MR) is 159 cm³/mol. The van der Waals surface area contributed by atoms with Gasteiger partial charge in [-0.1, -0.05) is 65.9 Å². The van der Waals surface area contributed by atoms with Gasteiger partial charge in [0, 0.05) is 22.6 Å². The van der Waals surface area contributed by atoms with Gasteiger partial charge in [-0.05, 0) is 80.8 Å². The van der Waals surface area contributed by atoms with Crippen LogP contribution in [0.5, 0.6) is 0 Å². The van der Waals surface area contributed by atoms with Gasteiger partial charge in [0.1, 0.15) is 12.6 Å². The van der Waals surface area contributed by atoms with Gasteiger partial charge in [-0.25, -0.2) is 8.42 Å². The zero-order valence-electron chi connectivity index (χ0n) is 22.5. The highest BCUT2D eigenvalue weighted by atomic mass is 35.5. The van der Waals surface area contributed by atoms with E-state index in [-0.39, 0.29) is 29.1 Å². The molecule has 40 heavy (non-hydrogen) atoms. The van der Waals surface area contributed by atoms with Crippen LogP contribution in [0.4, 0.5) is 5.69 Å². The van der Waals surface area contributed by atoms with Crippen LogP contribution < -0.4 is 9.62 Å². The number of sulfonamides is 1. The van der Waals surface area contributed by atoms with Gasteiger partial charge in [0.25, 0.3) is 10.0 Å². The third kappa shape index (κ3) is 7.36. The Hall–Kier alpha value is -3.07. The Morgan fingerprint density at radius 3 is 2.23 bits per heavy atom. The number of anilines is 1. The molecule has 0 spiro atoms. The summed E-state index contributed by atoms with van der Waals surface area (Å²) in [5.74, 6) is -0.804. The molecule has 10 heteroatoms. The lowest BCUT2D eigenvalue weighted by atomic mass is 10.1. The zero-order valence-corrected chi connectivity index (χ0v) is 24.8. The van der Waals surface area contributed by atoms with E-state index in [0.717, 1.165) is 41.1 Å². The number of aryl methyl sites for hydroxylation is 1. The fourth-order valence-corrected chi connectivity index (χ4v) is 6.53. The number of carbonyl (C=O) groups is 2. The number of nitrogens with zero attached hydrogens (tertiary/aromatic N) is 2. The minimum absolute atomic E-state index is 0.0502. The van der Waals surface area contributed by atoms with Crippen LogP contribution in [0, 0.1) is 6.92 Å². The molecule has 1 N–H and O–H groups in total. The Morgan fingerprint density at radius 2 is 1.60 bits per heavy atom. The van der Waals surface area contributed by atoms with Crippen LogP contribution in [-0.2, 0) is 26.2 Å². The minimum atomic E-state index is -4.14. The molecule has 1 aliphatic rings. The van der Waals surface area contributed by atoms with E-state index in [1.807, 2.05) is 13.0 Å². The first kappa shape index (κ1) is 29.9. The van der Waals surface area contributed by atoms with Crippen LogP contribution in [-0.4, -0.2) is 43.8 Å². The van der Waals surface area contributed by atoms with Gasteiger partial charge in [0.05, 0.1) is 10.6 Å². The summed E-state index contributed by atoms with van der Waals surface area (Å²) >= 11 is 12.3. The Labute approximate surface area is 246 Å². The predicted octanol–water partition coefficient (Wildman–Crippen LogP) is 5.97. The summed E-state index contributed by atoms with van der Waals surface area (Å²) in [7, 11) is -4.14. The van der Waals surface area contributed by atoms with E-state index in [0.29, 0.717) is 10.0 Å². The largest absolute Gasteiger partial charge is 0.352 e. The summed E-state index contributed by atoms with van der Waals surface area (Å²) in [6.07, 6.45) is 3.91. The van der Waals surface area contributed by atoms with Crippen LogP contribution in [0.15, 0.2) is 77.7 Å². The van der Waals surface area contributed by atoms with Crippen molar-refractivity contribution >= 4 is 50.7 Å². The third-order valence-corrected chi connectivity index (χ3v) is 9.39. The first-order chi connectivity index (χ1) is 19.0. The highest BCUT2D eigenvalue weighted by molar-refractivity contribution is 7.92. The van der Waals surface area contributed by atoms with Crippen LogP contribution in [0.2, 0.25) is 10.0 Å². The first-order valence-electron chi connectivity index (χ1n) is 13.2. The smallest absolute Gasteiger partial charge is 0.264 e. The molecule has 3 aromatic rings. The molecule has 1 saturated carbocycles. The molecule has 7 nitrogen and oxygen atoms in total. The number of rotatable bonds is 10. The molecule has 1 aliphatic carbocycles. The van der Waals surface area contributed by atoms with Crippen molar-refractivity contribution in [2.75, 3.05) is 10.8 Å².